The molecule has 1 heterocycles. The molecule has 0 fully saturated rings. The van der Waals surface area contributed by atoms with Crippen molar-refractivity contribution in [2.45, 2.75) is 37.6 Å². The molecule has 2 aromatic rings. The molecule has 0 atom stereocenters. The van der Waals surface area contributed by atoms with Gasteiger partial charge in [-0.15, -0.1) is 0 Å². The van der Waals surface area contributed by atoms with E-state index in [-0.39, 0.29) is 22.6 Å². The van der Waals surface area contributed by atoms with Crippen molar-refractivity contribution in [3.05, 3.63) is 42.1 Å². The molecule has 22 heavy (non-hydrogen) atoms. The molecular formula is C15H20N2O4S. The number of nitrogens with one attached hydrogen (secondary N) is 1. The van der Waals surface area contributed by atoms with Crippen LogP contribution in [0.5, 0.6) is 5.75 Å². The Morgan fingerprint density at radius 3 is 2.55 bits per heavy atom. The summed E-state index contributed by atoms with van der Waals surface area (Å²) in [5, 5.41) is 0. The lowest BCUT2D eigenvalue weighted by atomic mass is 9.94. The maximum Gasteiger partial charge on any atom is 0.244 e. The standard InChI is InChI=1S/C15H20N2O4S/c1-15(2,3)13-9-16-14(21-13)10-17-22(18,19)12-8-6-5-7-11(12)20-4/h5-9,17H,10H2,1-4H3. The van der Waals surface area contributed by atoms with Crippen molar-refractivity contribution in [1.29, 1.82) is 0 Å². The number of rotatable bonds is 5. The van der Waals surface area contributed by atoms with Gasteiger partial charge in [0.1, 0.15) is 16.4 Å². The van der Waals surface area contributed by atoms with Crippen LogP contribution in [0.1, 0.15) is 32.4 Å². The van der Waals surface area contributed by atoms with Crippen LogP contribution in [0.25, 0.3) is 0 Å². The first-order valence-electron chi connectivity index (χ1n) is 6.82. The predicted octanol–water partition coefficient (Wildman–Crippen LogP) is 2.46. The molecule has 1 aromatic carbocycles. The highest BCUT2D eigenvalue weighted by atomic mass is 32.2. The Morgan fingerprint density at radius 1 is 1.27 bits per heavy atom. The maximum absolute atomic E-state index is 12.3. The van der Waals surface area contributed by atoms with E-state index in [4.69, 9.17) is 9.15 Å². The third-order valence-electron chi connectivity index (χ3n) is 3.06. The molecule has 0 aliphatic rings. The summed E-state index contributed by atoms with van der Waals surface area (Å²) in [5.41, 5.74) is -0.174. The first-order valence-corrected chi connectivity index (χ1v) is 8.30. The molecule has 0 saturated heterocycles. The topological polar surface area (TPSA) is 81.4 Å². The van der Waals surface area contributed by atoms with E-state index < -0.39 is 10.0 Å². The summed E-state index contributed by atoms with van der Waals surface area (Å²) in [4.78, 5) is 4.18. The summed E-state index contributed by atoms with van der Waals surface area (Å²) >= 11 is 0. The minimum atomic E-state index is -3.70. The van der Waals surface area contributed by atoms with Gasteiger partial charge in [0.25, 0.3) is 0 Å². The molecular weight excluding hydrogens is 304 g/mol. The number of hydrogen-bond donors (Lipinski definition) is 1. The molecule has 1 N–H and O–H groups in total. The summed E-state index contributed by atoms with van der Waals surface area (Å²) in [6, 6.07) is 6.43. The second-order valence-electron chi connectivity index (χ2n) is 5.84. The average molecular weight is 324 g/mol. The average Bonchev–Trinajstić information content (AvgIpc) is 2.94. The first kappa shape index (κ1) is 16.5. The summed E-state index contributed by atoms with van der Waals surface area (Å²) in [7, 11) is -2.27. The Labute approximate surface area is 130 Å². The second-order valence-corrected chi connectivity index (χ2v) is 7.58. The van der Waals surface area contributed by atoms with Crippen LogP contribution in [0.3, 0.4) is 0 Å². The molecule has 0 unspecified atom stereocenters. The van der Waals surface area contributed by atoms with Gasteiger partial charge in [-0.1, -0.05) is 32.9 Å². The van der Waals surface area contributed by atoms with E-state index in [1.54, 1.807) is 24.4 Å². The number of benzene rings is 1. The Bertz CT molecular complexity index is 745. The van der Waals surface area contributed by atoms with Crippen LogP contribution in [0.15, 0.2) is 39.8 Å². The van der Waals surface area contributed by atoms with Crippen molar-refractivity contribution in [2.75, 3.05) is 7.11 Å². The van der Waals surface area contributed by atoms with E-state index in [1.807, 2.05) is 20.8 Å². The Balaban J connectivity index is 2.15. The lowest BCUT2D eigenvalue weighted by Crippen LogP contribution is -2.23. The van der Waals surface area contributed by atoms with Gasteiger partial charge in [-0.3, -0.25) is 0 Å². The Kier molecular flexibility index (Phi) is 4.58. The molecule has 7 heteroatoms. The normalized spacial score (nSPS) is 12.4. The van der Waals surface area contributed by atoms with Gasteiger partial charge < -0.3 is 9.15 Å². The Morgan fingerprint density at radius 2 is 1.95 bits per heavy atom. The fraction of sp³-hybridized carbons (Fsp3) is 0.400. The van der Waals surface area contributed by atoms with Crippen LogP contribution in [-0.2, 0) is 22.0 Å². The lowest BCUT2D eigenvalue weighted by molar-refractivity contribution is 0.379. The van der Waals surface area contributed by atoms with Gasteiger partial charge in [0.15, 0.2) is 0 Å². The monoisotopic (exact) mass is 324 g/mol. The van der Waals surface area contributed by atoms with Crippen LogP contribution in [0, 0.1) is 0 Å². The van der Waals surface area contributed by atoms with Gasteiger partial charge >= 0.3 is 0 Å². The van der Waals surface area contributed by atoms with Crippen LogP contribution in [0.2, 0.25) is 0 Å². The van der Waals surface area contributed by atoms with E-state index in [1.165, 1.54) is 13.2 Å². The van der Waals surface area contributed by atoms with Gasteiger partial charge in [-0.2, -0.15) is 0 Å². The van der Waals surface area contributed by atoms with Crippen molar-refractivity contribution in [2.24, 2.45) is 0 Å². The van der Waals surface area contributed by atoms with E-state index in [2.05, 4.69) is 9.71 Å². The van der Waals surface area contributed by atoms with Gasteiger partial charge in [-0.05, 0) is 12.1 Å². The number of hydrogen-bond acceptors (Lipinski definition) is 5. The number of ether oxygens (including phenoxy) is 1. The Hall–Kier alpha value is -1.86. The summed E-state index contributed by atoms with van der Waals surface area (Å²) in [6.07, 6.45) is 1.62. The molecule has 0 bridgehead atoms. The number of nitrogens with zero attached hydrogens (tertiary/aromatic N) is 1. The first-order chi connectivity index (χ1) is 10.2. The van der Waals surface area contributed by atoms with E-state index in [9.17, 15) is 8.42 Å². The molecule has 2 rings (SSSR count). The highest BCUT2D eigenvalue weighted by Crippen LogP contribution is 2.24. The maximum atomic E-state index is 12.3. The molecule has 120 valence electrons. The minimum absolute atomic E-state index is 0.0174. The van der Waals surface area contributed by atoms with Crippen LogP contribution in [0.4, 0.5) is 0 Å². The zero-order chi connectivity index (χ0) is 16.4. The van der Waals surface area contributed by atoms with Crippen LogP contribution in [-0.4, -0.2) is 20.5 Å². The fourth-order valence-electron chi connectivity index (χ4n) is 1.81. The van der Waals surface area contributed by atoms with Crippen LogP contribution >= 0.6 is 0 Å². The molecule has 0 amide bonds. The largest absolute Gasteiger partial charge is 0.495 e. The summed E-state index contributed by atoms with van der Waals surface area (Å²) < 4.78 is 37.8. The third-order valence-corrected chi connectivity index (χ3v) is 4.51. The smallest absolute Gasteiger partial charge is 0.244 e. The van der Waals surface area contributed by atoms with E-state index >= 15 is 0 Å². The fourth-order valence-corrected chi connectivity index (χ4v) is 2.96. The molecule has 0 aliphatic carbocycles. The second kappa shape index (κ2) is 6.10. The quantitative estimate of drug-likeness (QED) is 0.913. The number of methoxy groups -OCH3 is 1. The molecule has 0 radical (unpaired) electrons. The molecule has 1 aromatic heterocycles. The molecule has 0 saturated carbocycles. The van der Waals surface area contributed by atoms with Gasteiger partial charge in [0.05, 0.1) is 19.9 Å². The zero-order valence-electron chi connectivity index (χ0n) is 13.1. The van der Waals surface area contributed by atoms with Gasteiger partial charge in [0.2, 0.25) is 15.9 Å². The number of aromatic nitrogens is 1. The van der Waals surface area contributed by atoms with Crippen molar-refractivity contribution in [3.8, 4) is 5.75 Å². The van der Waals surface area contributed by atoms with Crippen molar-refractivity contribution < 1.29 is 17.6 Å². The van der Waals surface area contributed by atoms with E-state index in [0.29, 0.717) is 11.7 Å². The van der Waals surface area contributed by atoms with Crippen molar-refractivity contribution >= 4 is 10.0 Å². The molecule has 6 nitrogen and oxygen atoms in total. The van der Waals surface area contributed by atoms with E-state index in [0.717, 1.165) is 0 Å². The zero-order valence-corrected chi connectivity index (χ0v) is 13.9. The van der Waals surface area contributed by atoms with Crippen LogP contribution < -0.4 is 9.46 Å². The number of sulfonamides is 1. The van der Waals surface area contributed by atoms with Gasteiger partial charge in [0, 0.05) is 5.41 Å². The number of oxazole rings is 1. The highest BCUT2D eigenvalue weighted by Gasteiger charge is 2.22. The predicted molar refractivity (Wildman–Crippen MR) is 82.2 cm³/mol. The molecule has 0 aliphatic heterocycles. The van der Waals surface area contributed by atoms with Crippen molar-refractivity contribution in [1.82, 2.24) is 9.71 Å². The number of para-hydroxylation sites is 1. The molecule has 0 spiro atoms. The lowest BCUT2D eigenvalue weighted by Gasteiger charge is -2.13. The highest BCUT2D eigenvalue weighted by molar-refractivity contribution is 7.89. The van der Waals surface area contributed by atoms with Crippen molar-refractivity contribution in [3.63, 3.8) is 0 Å². The minimum Gasteiger partial charge on any atom is -0.495 e. The SMILES string of the molecule is COc1ccccc1S(=O)(=O)NCc1ncc(C(C)(C)C)o1. The van der Waals surface area contributed by atoms with Gasteiger partial charge in [-0.25, -0.2) is 18.1 Å². The summed E-state index contributed by atoms with van der Waals surface area (Å²) in [6.45, 7) is 5.97. The summed E-state index contributed by atoms with van der Waals surface area (Å²) in [5.74, 6) is 1.32. The third kappa shape index (κ3) is 3.66.